The molecule has 0 aromatic heterocycles. The molecule has 0 atom stereocenters. The van der Waals surface area contributed by atoms with Crippen LogP contribution in [0.5, 0.6) is 0 Å². The average Bonchev–Trinajstić information content (AvgIpc) is 2.41. The van der Waals surface area contributed by atoms with Crippen molar-refractivity contribution in [3.05, 3.63) is 0 Å². The van der Waals surface area contributed by atoms with E-state index in [1.807, 2.05) is 13.8 Å². The van der Waals surface area contributed by atoms with E-state index in [-0.39, 0.29) is 19.0 Å². The van der Waals surface area contributed by atoms with Gasteiger partial charge in [0.2, 0.25) is 5.78 Å². The summed E-state index contributed by atoms with van der Waals surface area (Å²) in [5.74, 6) is -1.43. The summed E-state index contributed by atoms with van der Waals surface area (Å²) < 4.78 is 9.65. The quantitative estimate of drug-likeness (QED) is 0.328. The summed E-state index contributed by atoms with van der Waals surface area (Å²) in [6.45, 7) is 4.56. The maximum atomic E-state index is 11.3. The van der Waals surface area contributed by atoms with Crippen LogP contribution in [0.2, 0.25) is 0 Å². The van der Waals surface area contributed by atoms with Crippen LogP contribution in [0.25, 0.3) is 0 Å². The van der Waals surface area contributed by atoms with E-state index in [0.717, 1.165) is 12.8 Å². The summed E-state index contributed by atoms with van der Waals surface area (Å²) in [5.41, 5.74) is 0. The number of hydrogen-bond donors (Lipinski definition) is 0. The first-order valence-electron chi connectivity index (χ1n) is 6.97. The molecule has 19 heavy (non-hydrogen) atoms. The fourth-order valence-electron chi connectivity index (χ4n) is 1.40. The second kappa shape index (κ2) is 11.7. The molecule has 0 aromatic rings. The topological polar surface area (TPSA) is 69.7 Å². The van der Waals surface area contributed by atoms with E-state index in [2.05, 4.69) is 0 Å². The smallest absolute Gasteiger partial charge is 0.374 e. The third kappa shape index (κ3) is 10.2. The molecule has 5 heteroatoms. The van der Waals surface area contributed by atoms with Crippen LogP contribution in [-0.2, 0) is 23.9 Å². The van der Waals surface area contributed by atoms with Crippen molar-refractivity contribution in [2.75, 3.05) is 13.2 Å². The Morgan fingerprint density at radius 3 is 2.00 bits per heavy atom. The number of esters is 2. The highest BCUT2D eigenvalue weighted by atomic mass is 16.5. The third-order valence-corrected chi connectivity index (χ3v) is 2.42. The Hall–Kier alpha value is -1.39. The Labute approximate surface area is 114 Å². The summed E-state index contributed by atoms with van der Waals surface area (Å²) in [6.07, 6.45) is 4.09. The maximum absolute atomic E-state index is 11.3. The summed E-state index contributed by atoms with van der Waals surface area (Å²) in [7, 11) is 0. The summed E-state index contributed by atoms with van der Waals surface area (Å²) in [5, 5.41) is 0. The minimum absolute atomic E-state index is 0.187. The van der Waals surface area contributed by atoms with Crippen molar-refractivity contribution < 1.29 is 23.9 Å². The molecule has 110 valence electrons. The lowest BCUT2D eigenvalue weighted by atomic mass is 10.1. The van der Waals surface area contributed by atoms with Gasteiger partial charge in [-0.25, -0.2) is 4.79 Å². The molecule has 0 spiro atoms. The van der Waals surface area contributed by atoms with Crippen molar-refractivity contribution in [1.29, 1.82) is 0 Å². The van der Waals surface area contributed by atoms with Gasteiger partial charge in [-0.15, -0.1) is 0 Å². The second-order valence-electron chi connectivity index (χ2n) is 4.34. The molecule has 0 aliphatic rings. The predicted molar refractivity (Wildman–Crippen MR) is 70.6 cm³/mol. The van der Waals surface area contributed by atoms with Gasteiger partial charge in [-0.05, 0) is 25.7 Å². The average molecular weight is 272 g/mol. The zero-order chi connectivity index (χ0) is 14.5. The first-order chi connectivity index (χ1) is 9.11. The first-order valence-corrected chi connectivity index (χ1v) is 6.97. The predicted octanol–water partition coefficient (Wildman–Crippen LogP) is 2.41. The van der Waals surface area contributed by atoms with E-state index in [0.29, 0.717) is 32.3 Å². The zero-order valence-electron chi connectivity index (χ0n) is 11.9. The van der Waals surface area contributed by atoms with Gasteiger partial charge in [-0.3, -0.25) is 9.59 Å². The van der Waals surface area contributed by atoms with Gasteiger partial charge in [0, 0.05) is 12.8 Å². The molecule has 0 saturated carbocycles. The van der Waals surface area contributed by atoms with Gasteiger partial charge in [0.25, 0.3) is 0 Å². The van der Waals surface area contributed by atoms with Crippen LogP contribution in [0.3, 0.4) is 0 Å². The molecule has 0 heterocycles. The molecule has 0 fully saturated rings. The Morgan fingerprint density at radius 2 is 1.37 bits per heavy atom. The van der Waals surface area contributed by atoms with Gasteiger partial charge in [0.15, 0.2) is 0 Å². The molecule has 0 unspecified atom stereocenters. The van der Waals surface area contributed by atoms with Crippen LogP contribution >= 0.6 is 0 Å². The standard InChI is InChI=1S/C14H24O5/c1-3-10-18-13(16)9-7-5-6-8-12(15)14(17)19-11-4-2/h3-11H2,1-2H3. The number of unbranched alkanes of at least 4 members (excludes halogenated alkanes) is 2. The third-order valence-electron chi connectivity index (χ3n) is 2.42. The van der Waals surface area contributed by atoms with Crippen molar-refractivity contribution in [2.24, 2.45) is 0 Å². The monoisotopic (exact) mass is 272 g/mol. The fraction of sp³-hybridized carbons (Fsp3) is 0.786. The molecule has 0 rings (SSSR count). The molecule has 0 N–H and O–H groups in total. The van der Waals surface area contributed by atoms with Gasteiger partial charge in [0.1, 0.15) is 0 Å². The molecule has 5 nitrogen and oxygen atoms in total. The maximum Gasteiger partial charge on any atom is 0.374 e. The lowest BCUT2D eigenvalue weighted by Gasteiger charge is -2.03. The highest BCUT2D eigenvalue weighted by Gasteiger charge is 2.14. The Kier molecular flexibility index (Phi) is 10.8. The van der Waals surface area contributed by atoms with E-state index in [1.54, 1.807) is 0 Å². The molecule has 0 amide bonds. The molecule has 0 saturated heterocycles. The van der Waals surface area contributed by atoms with Gasteiger partial charge < -0.3 is 9.47 Å². The number of Topliss-reactive ketones (excluding diaryl/α,β-unsaturated/α-hetero) is 1. The fourth-order valence-corrected chi connectivity index (χ4v) is 1.40. The van der Waals surface area contributed by atoms with Gasteiger partial charge in [0.05, 0.1) is 13.2 Å². The van der Waals surface area contributed by atoms with Crippen molar-refractivity contribution in [3.63, 3.8) is 0 Å². The highest BCUT2D eigenvalue weighted by Crippen LogP contribution is 2.05. The van der Waals surface area contributed by atoms with Gasteiger partial charge in [-0.1, -0.05) is 20.3 Å². The first kappa shape index (κ1) is 17.6. The number of carbonyl (C=O) groups excluding carboxylic acids is 3. The minimum Gasteiger partial charge on any atom is -0.466 e. The van der Waals surface area contributed by atoms with Crippen LogP contribution in [0, 0.1) is 0 Å². The number of ketones is 1. The normalized spacial score (nSPS) is 10.0. The molecule has 0 aliphatic heterocycles. The number of rotatable bonds is 11. The molecule has 0 aliphatic carbocycles. The molecular formula is C14H24O5. The molecule has 0 radical (unpaired) electrons. The minimum atomic E-state index is -0.746. The Balaban J connectivity index is 3.50. The molecule has 0 bridgehead atoms. The van der Waals surface area contributed by atoms with E-state index in [1.165, 1.54) is 0 Å². The van der Waals surface area contributed by atoms with Crippen LogP contribution in [0.1, 0.15) is 58.8 Å². The number of hydrogen-bond acceptors (Lipinski definition) is 5. The van der Waals surface area contributed by atoms with Crippen molar-refractivity contribution in [3.8, 4) is 0 Å². The zero-order valence-corrected chi connectivity index (χ0v) is 11.9. The SMILES string of the molecule is CCCOC(=O)CCCCCC(=O)C(=O)OCCC. The van der Waals surface area contributed by atoms with Gasteiger partial charge in [-0.2, -0.15) is 0 Å². The van der Waals surface area contributed by atoms with Gasteiger partial charge >= 0.3 is 11.9 Å². The van der Waals surface area contributed by atoms with Crippen LogP contribution in [-0.4, -0.2) is 30.9 Å². The van der Waals surface area contributed by atoms with Crippen LogP contribution < -0.4 is 0 Å². The largest absolute Gasteiger partial charge is 0.466 e. The van der Waals surface area contributed by atoms with Crippen molar-refractivity contribution in [1.82, 2.24) is 0 Å². The number of carbonyl (C=O) groups is 3. The van der Waals surface area contributed by atoms with Crippen LogP contribution in [0.15, 0.2) is 0 Å². The van der Waals surface area contributed by atoms with Crippen LogP contribution in [0.4, 0.5) is 0 Å². The Bertz CT molecular complexity index is 286. The van der Waals surface area contributed by atoms with Crippen molar-refractivity contribution >= 4 is 17.7 Å². The highest BCUT2D eigenvalue weighted by molar-refractivity contribution is 6.33. The van der Waals surface area contributed by atoms with E-state index >= 15 is 0 Å². The second-order valence-corrected chi connectivity index (χ2v) is 4.34. The Morgan fingerprint density at radius 1 is 0.789 bits per heavy atom. The van der Waals surface area contributed by atoms with Crippen molar-refractivity contribution in [2.45, 2.75) is 58.8 Å². The van der Waals surface area contributed by atoms with E-state index in [9.17, 15) is 14.4 Å². The molecular weight excluding hydrogens is 248 g/mol. The van der Waals surface area contributed by atoms with E-state index in [4.69, 9.17) is 9.47 Å². The summed E-state index contributed by atoms with van der Waals surface area (Å²) in [6, 6.07) is 0. The number of ether oxygens (including phenoxy) is 2. The molecule has 0 aromatic carbocycles. The summed E-state index contributed by atoms with van der Waals surface area (Å²) >= 11 is 0. The van der Waals surface area contributed by atoms with E-state index < -0.39 is 11.8 Å². The summed E-state index contributed by atoms with van der Waals surface area (Å²) in [4.78, 5) is 33.6. The lowest BCUT2D eigenvalue weighted by molar-refractivity contribution is -0.154. The lowest BCUT2D eigenvalue weighted by Crippen LogP contribution is -2.17.